The van der Waals surface area contributed by atoms with Crippen molar-refractivity contribution in [1.29, 1.82) is 0 Å². The molecule has 0 radical (unpaired) electrons. The van der Waals surface area contributed by atoms with E-state index in [0.717, 1.165) is 5.56 Å². The van der Waals surface area contributed by atoms with Crippen LogP contribution in [0.3, 0.4) is 0 Å². The number of rotatable bonds is 3. The van der Waals surface area contributed by atoms with E-state index in [4.69, 9.17) is 0 Å². The minimum absolute atomic E-state index is 0.519. The number of hydrogen-bond acceptors (Lipinski definition) is 5. The Morgan fingerprint density at radius 2 is 1.95 bits per heavy atom. The summed E-state index contributed by atoms with van der Waals surface area (Å²) in [5.41, 5.74) is 2.22. The van der Waals surface area contributed by atoms with Crippen LogP contribution in [0.2, 0.25) is 0 Å². The van der Waals surface area contributed by atoms with Crippen LogP contribution in [-0.2, 0) is 15.8 Å². The maximum Gasteiger partial charge on any atom is 0.161 e. The fourth-order valence-corrected chi connectivity index (χ4v) is 2.83. The monoisotopic (exact) mass is 274 g/mol. The molecule has 0 saturated heterocycles. The van der Waals surface area contributed by atoms with Crippen molar-refractivity contribution in [3.8, 4) is 11.4 Å². The second kappa shape index (κ2) is 4.47. The summed E-state index contributed by atoms with van der Waals surface area (Å²) >= 11 is -2.17. The number of aryl methyl sites for hydroxylation is 1. The average Bonchev–Trinajstić information content (AvgIpc) is 3.21. The molecule has 19 heavy (non-hydrogen) atoms. The van der Waals surface area contributed by atoms with Gasteiger partial charge in [0.25, 0.3) is 0 Å². The summed E-state index contributed by atoms with van der Waals surface area (Å²) < 4.78 is 22.0. The van der Waals surface area contributed by atoms with Crippen molar-refractivity contribution in [3.05, 3.63) is 42.0 Å². The lowest BCUT2D eigenvalue weighted by atomic mass is 10.1. The van der Waals surface area contributed by atoms with Gasteiger partial charge in [0.1, 0.15) is 0 Å². The van der Waals surface area contributed by atoms with Gasteiger partial charge < -0.3 is 4.55 Å². The molecule has 0 N–H and O–H groups in total. The summed E-state index contributed by atoms with van der Waals surface area (Å²) in [4.78, 5) is 12.8. The van der Waals surface area contributed by atoms with Gasteiger partial charge in [-0.25, -0.2) is 9.97 Å². The van der Waals surface area contributed by atoms with Crippen LogP contribution in [0.1, 0.15) is 24.1 Å². The summed E-state index contributed by atoms with van der Waals surface area (Å²) in [7, 11) is 0. The zero-order chi connectivity index (χ0) is 13.5. The van der Waals surface area contributed by atoms with Gasteiger partial charge >= 0.3 is 0 Å². The highest BCUT2D eigenvalue weighted by Crippen LogP contribution is 2.51. The number of nitrogens with zero attached hydrogens (tertiary/aromatic N) is 3. The van der Waals surface area contributed by atoms with Crippen molar-refractivity contribution >= 4 is 11.1 Å². The molecule has 0 aromatic carbocycles. The third-order valence-corrected chi connectivity index (χ3v) is 4.52. The van der Waals surface area contributed by atoms with E-state index < -0.39 is 15.8 Å². The van der Waals surface area contributed by atoms with Crippen LogP contribution in [0, 0.1) is 6.92 Å². The molecule has 1 unspecified atom stereocenters. The molecule has 0 bridgehead atoms. The van der Waals surface area contributed by atoms with E-state index in [1.165, 1.54) is 0 Å². The Hall–Kier alpha value is -1.66. The van der Waals surface area contributed by atoms with Crippen LogP contribution < -0.4 is 0 Å². The normalized spacial score (nSPS) is 18.0. The van der Waals surface area contributed by atoms with Crippen LogP contribution in [0.15, 0.2) is 30.7 Å². The third-order valence-electron chi connectivity index (χ3n) is 3.28. The fraction of sp³-hybridized carbons (Fsp3) is 0.308. The lowest BCUT2D eigenvalue weighted by molar-refractivity contribution is 0.519. The van der Waals surface area contributed by atoms with E-state index in [9.17, 15) is 8.76 Å². The quantitative estimate of drug-likeness (QED) is 0.796. The molecule has 0 spiro atoms. The van der Waals surface area contributed by atoms with Crippen molar-refractivity contribution < 1.29 is 8.76 Å². The van der Waals surface area contributed by atoms with E-state index in [2.05, 4.69) is 15.0 Å². The summed E-state index contributed by atoms with van der Waals surface area (Å²) in [5.74, 6) is 0.519. The zero-order valence-corrected chi connectivity index (χ0v) is 11.2. The topological polar surface area (TPSA) is 78.8 Å². The largest absolute Gasteiger partial charge is 0.772 e. The molecular formula is C13H12N3O2S-. The number of aromatic nitrogens is 3. The molecule has 0 aliphatic heterocycles. The maximum atomic E-state index is 11.4. The van der Waals surface area contributed by atoms with Gasteiger partial charge in [-0.1, -0.05) is 0 Å². The Balaban J connectivity index is 2.13. The molecule has 1 aliphatic carbocycles. The van der Waals surface area contributed by atoms with Crippen LogP contribution in [0.5, 0.6) is 0 Å². The molecule has 1 saturated carbocycles. The lowest BCUT2D eigenvalue weighted by Gasteiger charge is -2.20. The second-order valence-electron chi connectivity index (χ2n) is 4.71. The third kappa shape index (κ3) is 2.06. The van der Waals surface area contributed by atoms with E-state index >= 15 is 0 Å². The van der Waals surface area contributed by atoms with Crippen LogP contribution >= 0.6 is 0 Å². The van der Waals surface area contributed by atoms with Crippen molar-refractivity contribution in [3.63, 3.8) is 0 Å². The van der Waals surface area contributed by atoms with Gasteiger partial charge in [-0.05, 0) is 48.5 Å². The van der Waals surface area contributed by atoms with Gasteiger partial charge in [-0.2, -0.15) is 0 Å². The Morgan fingerprint density at radius 3 is 2.53 bits per heavy atom. The molecule has 2 aromatic heterocycles. The number of pyridine rings is 1. The molecule has 2 heterocycles. The molecule has 2 aromatic rings. The SMILES string of the molecule is Cc1cnc(-c2cccnc2C2(S(=O)[O-])CC2)nc1. The molecule has 1 fully saturated rings. The van der Waals surface area contributed by atoms with Crippen molar-refractivity contribution in [2.45, 2.75) is 24.5 Å². The van der Waals surface area contributed by atoms with Gasteiger partial charge in [0.2, 0.25) is 0 Å². The molecule has 0 amide bonds. The van der Waals surface area contributed by atoms with Crippen LogP contribution in [0.4, 0.5) is 0 Å². The van der Waals surface area contributed by atoms with E-state index in [1.807, 2.05) is 13.0 Å². The zero-order valence-electron chi connectivity index (χ0n) is 10.4. The lowest BCUT2D eigenvalue weighted by Crippen LogP contribution is -2.17. The predicted molar refractivity (Wildman–Crippen MR) is 69.8 cm³/mol. The van der Waals surface area contributed by atoms with Gasteiger partial charge in [0.05, 0.1) is 10.4 Å². The first kappa shape index (κ1) is 12.4. The minimum atomic E-state index is -2.17. The highest BCUT2D eigenvalue weighted by Gasteiger charge is 2.49. The summed E-state index contributed by atoms with van der Waals surface area (Å²) in [5, 5.41) is 0. The Bertz CT molecular complexity index is 639. The Labute approximate surface area is 113 Å². The Morgan fingerprint density at radius 1 is 1.26 bits per heavy atom. The molecule has 5 nitrogen and oxygen atoms in total. The van der Waals surface area contributed by atoms with Crippen molar-refractivity contribution in [2.24, 2.45) is 0 Å². The van der Waals surface area contributed by atoms with Gasteiger partial charge in [-0.3, -0.25) is 9.19 Å². The molecule has 1 aliphatic rings. The molecule has 6 heteroatoms. The van der Waals surface area contributed by atoms with Crippen molar-refractivity contribution in [1.82, 2.24) is 15.0 Å². The summed E-state index contributed by atoms with van der Waals surface area (Å²) in [6.07, 6.45) is 6.26. The summed E-state index contributed by atoms with van der Waals surface area (Å²) in [6.45, 7) is 1.91. The Kier molecular flexibility index (Phi) is 2.91. The van der Waals surface area contributed by atoms with Crippen LogP contribution in [0.25, 0.3) is 11.4 Å². The van der Waals surface area contributed by atoms with Crippen molar-refractivity contribution in [2.75, 3.05) is 0 Å². The fourth-order valence-electron chi connectivity index (χ4n) is 2.08. The predicted octanol–water partition coefficient (Wildman–Crippen LogP) is 1.72. The van der Waals surface area contributed by atoms with Gasteiger partial charge in [-0.15, -0.1) is 0 Å². The van der Waals surface area contributed by atoms with Gasteiger partial charge in [0, 0.05) is 24.2 Å². The molecule has 1 atom stereocenters. The molecular weight excluding hydrogens is 262 g/mol. The second-order valence-corrected chi connectivity index (χ2v) is 5.96. The first-order valence-electron chi connectivity index (χ1n) is 5.97. The molecule has 98 valence electrons. The van der Waals surface area contributed by atoms with Crippen LogP contribution in [-0.4, -0.2) is 23.7 Å². The highest BCUT2D eigenvalue weighted by molar-refractivity contribution is 7.80. The van der Waals surface area contributed by atoms with E-state index in [0.29, 0.717) is 29.9 Å². The summed E-state index contributed by atoms with van der Waals surface area (Å²) in [6, 6.07) is 3.59. The minimum Gasteiger partial charge on any atom is -0.772 e. The number of hydrogen-bond donors (Lipinski definition) is 0. The van der Waals surface area contributed by atoms with Gasteiger partial charge in [0.15, 0.2) is 5.82 Å². The van der Waals surface area contributed by atoms with E-state index in [1.54, 1.807) is 24.7 Å². The smallest absolute Gasteiger partial charge is 0.161 e. The standard InChI is InChI=1S/C13H13N3O2S/c1-9-7-15-12(16-8-9)10-3-2-6-14-11(10)13(4-5-13)19(17)18/h2-3,6-8H,4-5H2,1H3,(H,17,18)/p-1. The maximum absolute atomic E-state index is 11.4. The first-order chi connectivity index (χ1) is 9.13. The first-order valence-corrected chi connectivity index (χ1v) is 7.05. The highest BCUT2D eigenvalue weighted by atomic mass is 32.2. The average molecular weight is 274 g/mol. The molecule has 3 rings (SSSR count). The van der Waals surface area contributed by atoms with E-state index in [-0.39, 0.29) is 0 Å².